The number of aromatic nitrogens is 2. The number of carbonyl (C=O) groups excluding carboxylic acids is 3. The van der Waals surface area contributed by atoms with Gasteiger partial charge in [-0.25, -0.2) is 9.78 Å². The fourth-order valence-electron chi connectivity index (χ4n) is 1.71. The first kappa shape index (κ1) is 20.1. The van der Waals surface area contributed by atoms with E-state index < -0.39 is 23.9 Å². The second-order valence-corrected chi connectivity index (χ2v) is 4.93. The lowest BCUT2D eigenvalue weighted by Crippen LogP contribution is -2.43. The second kappa shape index (κ2) is 10.0. The molecule has 0 saturated carbocycles. The van der Waals surface area contributed by atoms with Crippen LogP contribution in [-0.4, -0.2) is 66.2 Å². The first-order chi connectivity index (χ1) is 11.9. The van der Waals surface area contributed by atoms with Crippen molar-refractivity contribution < 1.29 is 23.9 Å². The van der Waals surface area contributed by atoms with Gasteiger partial charge in [0, 0.05) is 14.1 Å². The Balaban J connectivity index is 2.89. The van der Waals surface area contributed by atoms with E-state index in [2.05, 4.69) is 25.6 Å². The molecule has 1 heterocycles. The maximum absolute atomic E-state index is 12.4. The van der Waals surface area contributed by atoms with Crippen molar-refractivity contribution in [1.29, 1.82) is 0 Å². The summed E-state index contributed by atoms with van der Waals surface area (Å²) in [6, 6.07) is -1.19. The van der Waals surface area contributed by atoms with E-state index in [4.69, 9.17) is 9.47 Å². The number of amides is 1. The van der Waals surface area contributed by atoms with E-state index in [1.54, 1.807) is 27.9 Å². The summed E-state index contributed by atoms with van der Waals surface area (Å²) in [6.45, 7) is 3.54. The van der Waals surface area contributed by atoms with E-state index in [-0.39, 0.29) is 31.1 Å². The third-order valence-corrected chi connectivity index (χ3v) is 2.72. The van der Waals surface area contributed by atoms with Crippen LogP contribution in [0.2, 0.25) is 0 Å². The SMILES string of the molecule is CCOC(=O)CC(NC(=O)c1[nH]cnc1/N=N/N(C)C)C(=O)OCC. The highest BCUT2D eigenvalue weighted by molar-refractivity contribution is 5.99. The van der Waals surface area contributed by atoms with Crippen LogP contribution in [0.25, 0.3) is 0 Å². The molecule has 1 aromatic rings. The van der Waals surface area contributed by atoms with E-state index in [0.29, 0.717) is 0 Å². The Morgan fingerprint density at radius 2 is 1.96 bits per heavy atom. The summed E-state index contributed by atoms with van der Waals surface area (Å²) in [4.78, 5) is 42.5. The van der Waals surface area contributed by atoms with E-state index in [1.807, 2.05) is 0 Å². The Hall–Kier alpha value is -2.98. The monoisotopic (exact) mass is 354 g/mol. The van der Waals surface area contributed by atoms with Gasteiger partial charge in [-0.05, 0) is 13.8 Å². The molecular formula is C14H22N6O5. The molecule has 0 bridgehead atoms. The van der Waals surface area contributed by atoms with Crippen molar-refractivity contribution in [3.8, 4) is 0 Å². The molecule has 0 aliphatic rings. The lowest BCUT2D eigenvalue weighted by molar-refractivity contribution is -0.152. The minimum absolute atomic E-state index is 0.00348. The largest absolute Gasteiger partial charge is 0.466 e. The summed E-state index contributed by atoms with van der Waals surface area (Å²) >= 11 is 0. The van der Waals surface area contributed by atoms with E-state index in [9.17, 15) is 14.4 Å². The van der Waals surface area contributed by atoms with Crippen LogP contribution < -0.4 is 5.32 Å². The van der Waals surface area contributed by atoms with Crippen LogP contribution in [0.4, 0.5) is 5.82 Å². The molecule has 2 N–H and O–H groups in total. The van der Waals surface area contributed by atoms with Crippen molar-refractivity contribution in [2.24, 2.45) is 10.3 Å². The topological polar surface area (TPSA) is 138 Å². The van der Waals surface area contributed by atoms with Gasteiger partial charge in [-0.15, -0.1) is 5.11 Å². The number of esters is 2. The number of aromatic amines is 1. The third kappa shape index (κ3) is 6.57. The Bertz CT molecular complexity index is 627. The van der Waals surface area contributed by atoms with Crippen LogP contribution in [0, 0.1) is 0 Å². The van der Waals surface area contributed by atoms with Crippen molar-refractivity contribution in [1.82, 2.24) is 20.3 Å². The highest BCUT2D eigenvalue weighted by Gasteiger charge is 2.27. The van der Waals surface area contributed by atoms with Gasteiger partial charge in [0.05, 0.1) is 26.0 Å². The maximum atomic E-state index is 12.4. The normalized spacial score (nSPS) is 11.8. The second-order valence-electron chi connectivity index (χ2n) is 4.93. The van der Waals surface area contributed by atoms with Gasteiger partial charge in [-0.2, -0.15) is 0 Å². The zero-order chi connectivity index (χ0) is 18.8. The average Bonchev–Trinajstić information content (AvgIpc) is 3.01. The smallest absolute Gasteiger partial charge is 0.329 e. The molecular weight excluding hydrogens is 332 g/mol. The summed E-state index contributed by atoms with van der Waals surface area (Å²) in [5, 5.41) is 11.4. The van der Waals surface area contributed by atoms with Crippen LogP contribution >= 0.6 is 0 Å². The lowest BCUT2D eigenvalue weighted by atomic mass is 10.2. The maximum Gasteiger partial charge on any atom is 0.329 e. The molecule has 0 aliphatic carbocycles. The van der Waals surface area contributed by atoms with Crippen LogP contribution in [0.3, 0.4) is 0 Å². The molecule has 0 aliphatic heterocycles. The molecule has 1 amide bonds. The van der Waals surface area contributed by atoms with Gasteiger partial charge in [0.25, 0.3) is 5.91 Å². The average molecular weight is 354 g/mol. The Morgan fingerprint density at radius 1 is 1.28 bits per heavy atom. The molecule has 0 fully saturated rings. The molecule has 138 valence electrons. The lowest BCUT2D eigenvalue weighted by Gasteiger charge is -2.16. The van der Waals surface area contributed by atoms with Crippen molar-refractivity contribution in [2.45, 2.75) is 26.3 Å². The predicted octanol–water partition coefficient (Wildman–Crippen LogP) is 0.585. The van der Waals surface area contributed by atoms with Crippen LogP contribution in [-0.2, 0) is 19.1 Å². The third-order valence-electron chi connectivity index (χ3n) is 2.72. The summed E-state index contributed by atoms with van der Waals surface area (Å²) in [5.74, 6) is -1.99. The van der Waals surface area contributed by atoms with Crippen molar-refractivity contribution in [3.63, 3.8) is 0 Å². The standard InChI is InChI=1S/C14H22N6O5/c1-5-24-10(21)7-9(14(23)25-6-2)17-13(22)11-12(16-8-15-11)18-19-20(3)4/h8-9H,5-7H2,1-4H3,(H,15,16)(H,17,22)/b19-18+. The van der Waals surface area contributed by atoms with E-state index in [0.717, 1.165) is 0 Å². The number of rotatable bonds is 9. The zero-order valence-corrected chi connectivity index (χ0v) is 14.6. The number of carbonyl (C=O) groups is 3. The van der Waals surface area contributed by atoms with E-state index >= 15 is 0 Å². The molecule has 11 nitrogen and oxygen atoms in total. The first-order valence-electron chi connectivity index (χ1n) is 7.64. The summed E-state index contributed by atoms with van der Waals surface area (Å²) < 4.78 is 9.68. The number of imidazole rings is 1. The van der Waals surface area contributed by atoms with Crippen LogP contribution in [0.5, 0.6) is 0 Å². The molecule has 0 aromatic carbocycles. The highest BCUT2D eigenvalue weighted by atomic mass is 16.5. The minimum atomic E-state index is -1.19. The molecule has 0 radical (unpaired) electrons. The number of hydrogen-bond acceptors (Lipinski definition) is 8. The Morgan fingerprint density at radius 3 is 2.56 bits per heavy atom. The molecule has 25 heavy (non-hydrogen) atoms. The number of ether oxygens (including phenoxy) is 2. The summed E-state index contributed by atoms with van der Waals surface area (Å²) in [6.07, 6.45) is 0.921. The van der Waals surface area contributed by atoms with Crippen molar-refractivity contribution in [3.05, 3.63) is 12.0 Å². The fraction of sp³-hybridized carbons (Fsp3) is 0.571. The summed E-state index contributed by atoms with van der Waals surface area (Å²) in [5.41, 5.74) is 0.00348. The molecule has 1 aromatic heterocycles. The predicted molar refractivity (Wildman–Crippen MR) is 85.9 cm³/mol. The number of H-pyrrole nitrogens is 1. The molecule has 0 saturated heterocycles. The van der Waals surface area contributed by atoms with Gasteiger partial charge >= 0.3 is 11.9 Å². The number of nitrogens with one attached hydrogen (secondary N) is 2. The number of nitrogens with zero attached hydrogens (tertiary/aromatic N) is 4. The van der Waals surface area contributed by atoms with E-state index in [1.165, 1.54) is 11.3 Å². The molecule has 1 unspecified atom stereocenters. The Labute approximate surface area is 144 Å². The molecule has 0 spiro atoms. The van der Waals surface area contributed by atoms with Gasteiger partial charge < -0.3 is 19.8 Å². The van der Waals surface area contributed by atoms with Gasteiger partial charge in [0.1, 0.15) is 6.04 Å². The van der Waals surface area contributed by atoms with Crippen molar-refractivity contribution in [2.75, 3.05) is 27.3 Å². The van der Waals surface area contributed by atoms with Crippen LogP contribution in [0.1, 0.15) is 30.8 Å². The fourth-order valence-corrected chi connectivity index (χ4v) is 1.71. The van der Waals surface area contributed by atoms with Gasteiger partial charge in [0.15, 0.2) is 5.69 Å². The summed E-state index contributed by atoms with van der Waals surface area (Å²) in [7, 11) is 3.32. The Kier molecular flexibility index (Phi) is 8.03. The first-order valence-corrected chi connectivity index (χ1v) is 7.64. The zero-order valence-electron chi connectivity index (χ0n) is 14.6. The quantitative estimate of drug-likeness (QED) is 0.376. The van der Waals surface area contributed by atoms with Crippen LogP contribution in [0.15, 0.2) is 16.7 Å². The minimum Gasteiger partial charge on any atom is -0.466 e. The molecule has 11 heteroatoms. The number of hydrogen-bond donors (Lipinski definition) is 2. The van der Waals surface area contributed by atoms with Gasteiger partial charge in [-0.3, -0.25) is 14.6 Å². The molecule has 1 atom stereocenters. The molecule has 1 rings (SSSR count). The van der Waals surface area contributed by atoms with Gasteiger partial charge in [-0.1, -0.05) is 5.22 Å². The highest BCUT2D eigenvalue weighted by Crippen LogP contribution is 2.14. The van der Waals surface area contributed by atoms with Crippen molar-refractivity contribution >= 4 is 23.7 Å². The van der Waals surface area contributed by atoms with Gasteiger partial charge in [0.2, 0.25) is 5.82 Å².